The third kappa shape index (κ3) is 5.23. The van der Waals surface area contributed by atoms with Crippen LogP contribution in [0.4, 0.5) is 0 Å². The Balaban J connectivity index is 1.54. The third-order valence-corrected chi connectivity index (χ3v) is 4.86. The van der Waals surface area contributed by atoms with Crippen molar-refractivity contribution in [2.45, 2.75) is 19.4 Å². The highest BCUT2D eigenvalue weighted by Gasteiger charge is 2.14. The Morgan fingerprint density at radius 3 is 2.55 bits per heavy atom. The summed E-state index contributed by atoms with van der Waals surface area (Å²) in [7, 11) is 3.34. The van der Waals surface area contributed by atoms with Gasteiger partial charge in [0.15, 0.2) is 11.7 Å². The van der Waals surface area contributed by atoms with Gasteiger partial charge in [-0.05, 0) is 29.8 Å². The van der Waals surface area contributed by atoms with Gasteiger partial charge in [0.2, 0.25) is 5.91 Å². The van der Waals surface area contributed by atoms with Crippen molar-refractivity contribution in [3.8, 4) is 11.3 Å². The molecule has 2 aromatic carbocycles. The molecule has 29 heavy (non-hydrogen) atoms. The van der Waals surface area contributed by atoms with Crippen molar-refractivity contribution in [2.75, 3.05) is 14.1 Å². The third-order valence-electron chi connectivity index (χ3n) is 4.53. The molecule has 0 spiro atoms. The monoisotopic (exact) mass is 411 g/mol. The van der Waals surface area contributed by atoms with Gasteiger partial charge in [-0.3, -0.25) is 9.59 Å². The summed E-state index contributed by atoms with van der Waals surface area (Å²) in [6, 6.07) is 14.6. The highest BCUT2D eigenvalue weighted by atomic mass is 35.5. The van der Waals surface area contributed by atoms with Gasteiger partial charge in [-0.1, -0.05) is 35.9 Å². The van der Waals surface area contributed by atoms with Crippen LogP contribution in [0.2, 0.25) is 5.02 Å². The second-order valence-electron chi connectivity index (χ2n) is 6.62. The number of nitrogens with one attached hydrogen (secondary N) is 1. The van der Waals surface area contributed by atoms with Crippen LogP contribution in [-0.4, -0.2) is 35.8 Å². The highest BCUT2D eigenvalue weighted by molar-refractivity contribution is 6.33. The first-order valence-corrected chi connectivity index (χ1v) is 9.60. The van der Waals surface area contributed by atoms with Gasteiger partial charge in [-0.25, -0.2) is 4.98 Å². The Morgan fingerprint density at radius 1 is 1.14 bits per heavy atom. The van der Waals surface area contributed by atoms with Crippen LogP contribution in [0.15, 0.2) is 59.1 Å². The summed E-state index contributed by atoms with van der Waals surface area (Å²) in [5.74, 6) is 0.931. The predicted octanol–water partition coefficient (Wildman–Crippen LogP) is 3.95. The van der Waals surface area contributed by atoms with Crippen molar-refractivity contribution >= 4 is 23.4 Å². The fourth-order valence-corrected chi connectivity index (χ4v) is 3.11. The number of rotatable bonds is 7. The van der Waals surface area contributed by atoms with Crippen LogP contribution in [0.5, 0.6) is 0 Å². The van der Waals surface area contributed by atoms with Crippen molar-refractivity contribution in [3.63, 3.8) is 0 Å². The largest absolute Gasteiger partial charge is 0.441 e. The molecule has 0 bridgehead atoms. The number of hydrogen-bond donors (Lipinski definition) is 1. The zero-order chi connectivity index (χ0) is 20.8. The van der Waals surface area contributed by atoms with E-state index in [0.29, 0.717) is 35.2 Å². The van der Waals surface area contributed by atoms with Crippen LogP contribution in [0.3, 0.4) is 0 Å². The number of carbonyl (C=O) groups is 2. The smallest absolute Gasteiger partial charge is 0.251 e. The van der Waals surface area contributed by atoms with Gasteiger partial charge in [-0.15, -0.1) is 0 Å². The zero-order valence-corrected chi connectivity index (χ0v) is 17.1. The number of hydrogen-bond acceptors (Lipinski definition) is 4. The van der Waals surface area contributed by atoms with E-state index in [1.54, 1.807) is 43.4 Å². The second kappa shape index (κ2) is 9.39. The summed E-state index contributed by atoms with van der Waals surface area (Å²) in [6.07, 6.45) is 2.32. The number of benzene rings is 2. The molecule has 0 atom stereocenters. The van der Waals surface area contributed by atoms with Gasteiger partial charge < -0.3 is 14.6 Å². The number of amides is 2. The van der Waals surface area contributed by atoms with E-state index in [2.05, 4.69) is 10.3 Å². The number of nitrogens with zero attached hydrogens (tertiary/aromatic N) is 2. The molecule has 0 aliphatic carbocycles. The maximum absolute atomic E-state index is 12.4. The summed E-state index contributed by atoms with van der Waals surface area (Å²) in [4.78, 5) is 29.9. The van der Waals surface area contributed by atoms with Crippen molar-refractivity contribution < 1.29 is 14.0 Å². The summed E-state index contributed by atoms with van der Waals surface area (Å²) in [5.41, 5.74) is 2.31. The first-order chi connectivity index (χ1) is 14.0. The Kier molecular flexibility index (Phi) is 6.67. The van der Waals surface area contributed by atoms with E-state index < -0.39 is 0 Å². The molecule has 0 saturated carbocycles. The molecule has 0 saturated heterocycles. The average molecular weight is 412 g/mol. The van der Waals surface area contributed by atoms with Crippen LogP contribution in [0.25, 0.3) is 11.3 Å². The standard InChI is InChI=1S/C22H22ClN3O3/c1-24-22(28)16-9-7-15(8-10-16)14-26(2)21(27)12-11-20-25-13-19(29-20)17-5-3-4-6-18(17)23/h3-10,13H,11-12,14H2,1-2H3,(H,24,28). The molecule has 3 rings (SSSR count). The van der Waals surface area contributed by atoms with Gasteiger partial charge in [0.25, 0.3) is 5.91 Å². The molecule has 0 radical (unpaired) electrons. The molecule has 0 fully saturated rings. The maximum Gasteiger partial charge on any atom is 0.251 e. The predicted molar refractivity (Wildman–Crippen MR) is 112 cm³/mol. The normalized spacial score (nSPS) is 10.6. The van der Waals surface area contributed by atoms with Gasteiger partial charge in [0, 0.05) is 44.6 Å². The minimum Gasteiger partial charge on any atom is -0.441 e. The molecule has 1 aromatic heterocycles. The Morgan fingerprint density at radius 2 is 1.86 bits per heavy atom. The van der Waals surface area contributed by atoms with E-state index in [-0.39, 0.29) is 18.2 Å². The second-order valence-corrected chi connectivity index (χ2v) is 7.03. The number of carbonyl (C=O) groups excluding carboxylic acids is 2. The number of halogens is 1. The summed E-state index contributed by atoms with van der Waals surface area (Å²) in [5, 5.41) is 3.17. The highest BCUT2D eigenvalue weighted by Crippen LogP contribution is 2.28. The molecule has 2 amide bonds. The van der Waals surface area contributed by atoms with Gasteiger partial charge >= 0.3 is 0 Å². The topological polar surface area (TPSA) is 75.4 Å². The summed E-state index contributed by atoms with van der Waals surface area (Å²) < 4.78 is 5.74. The van der Waals surface area contributed by atoms with E-state index >= 15 is 0 Å². The molecule has 150 valence electrons. The SMILES string of the molecule is CNC(=O)c1ccc(CN(C)C(=O)CCc2ncc(-c3ccccc3Cl)o2)cc1. The minimum absolute atomic E-state index is 0.0159. The van der Waals surface area contributed by atoms with Gasteiger partial charge in [0.1, 0.15) is 0 Å². The van der Waals surface area contributed by atoms with E-state index in [1.807, 2.05) is 30.3 Å². The summed E-state index contributed by atoms with van der Waals surface area (Å²) >= 11 is 6.18. The molecule has 1 heterocycles. The van der Waals surface area contributed by atoms with Crippen molar-refractivity contribution in [2.24, 2.45) is 0 Å². The first-order valence-electron chi connectivity index (χ1n) is 9.22. The molecule has 0 aliphatic heterocycles. The molecule has 0 aliphatic rings. The van der Waals surface area contributed by atoms with Crippen LogP contribution in [0, 0.1) is 0 Å². The first kappa shape index (κ1) is 20.6. The van der Waals surface area contributed by atoms with E-state index in [4.69, 9.17) is 16.0 Å². The van der Waals surface area contributed by atoms with E-state index in [0.717, 1.165) is 11.1 Å². The number of oxazole rings is 1. The van der Waals surface area contributed by atoms with Gasteiger partial charge in [0.05, 0.1) is 11.2 Å². The zero-order valence-electron chi connectivity index (χ0n) is 16.3. The van der Waals surface area contributed by atoms with Crippen LogP contribution in [-0.2, 0) is 17.8 Å². The Bertz CT molecular complexity index is 999. The Hall–Kier alpha value is -3.12. The summed E-state index contributed by atoms with van der Waals surface area (Å²) in [6.45, 7) is 0.462. The van der Waals surface area contributed by atoms with Crippen molar-refractivity contribution in [3.05, 3.63) is 76.8 Å². The quantitative estimate of drug-likeness (QED) is 0.638. The van der Waals surface area contributed by atoms with Crippen molar-refractivity contribution in [1.82, 2.24) is 15.2 Å². The van der Waals surface area contributed by atoms with E-state index in [9.17, 15) is 9.59 Å². The van der Waals surface area contributed by atoms with Crippen molar-refractivity contribution in [1.29, 1.82) is 0 Å². The molecule has 6 nitrogen and oxygen atoms in total. The number of aromatic nitrogens is 1. The molecule has 0 unspecified atom stereocenters. The molecule has 7 heteroatoms. The van der Waals surface area contributed by atoms with Crippen LogP contribution < -0.4 is 5.32 Å². The minimum atomic E-state index is -0.136. The average Bonchev–Trinajstić information content (AvgIpc) is 3.21. The molecule has 1 N–H and O–H groups in total. The van der Waals surface area contributed by atoms with Gasteiger partial charge in [-0.2, -0.15) is 0 Å². The molecular formula is C22H22ClN3O3. The Labute approximate surface area is 174 Å². The lowest BCUT2D eigenvalue weighted by atomic mass is 10.1. The van der Waals surface area contributed by atoms with Crippen LogP contribution >= 0.6 is 11.6 Å². The lowest BCUT2D eigenvalue weighted by molar-refractivity contribution is -0.130. The fraction of sp³-hybridized carbons (Fsp3) is 0.227. The lowest BCUT2D eigenvalue weighted by Crippen LogP contribution is -2.26. The lowest BCUT2D eigenvalue weighted by Gasteiger charge is -2.17. The van der Waals surface area contributed by atoms with E-state index in [1.165, 1.54) is 0 Å². The molecular weight excluding hydrogens is 390 g/mol. The fourth-order valence-electron chi connectivity index (χ4n) is 2.88. The van der Waals surface area contributed by atoms with Crippen LogP contribution in [0.1, 0.15) is 28.2 Å². The number of aryl methyl sites for hydroxylation is 1. The molecule has 3 aromatic rings. The maximum atomic E-state index is 12.4.